The highest BCUT2D eigenvalue weighted by atomic mass is 15.1. The molecule has 0 aliphatic carbocycles. The number of hydrogen-bond donors (Lipinski definition) is 1. The molecule has 0 aliphatic heterocycles. The topological polar surface area (TPSA) is 15.3 Å². The van der Waals surface area contributed by atoms with Crippen LogP contribution in [0.3, 0.4) is 0 Å². The van der Waals surface area contributed by atoms with Crippen molar-refractivity contribution in [2.24, 2.45) is 5.92 Å². The van der Waals surface area contributed by atoms with Crippen molar-refractivity contribution in [1.29, 1.82) is 0 Å². The molecule has 102 valence electrons. The van der Waals surface area contributed by atoms with Crippen molar-refractivity contribution >= 4 is 5.69 Å². The molecule has 0 spiro atoms. The van der Waals surface area contributed by atoms with Crippen LogP contribution >= 0.6 is 0 Å². The highest BCUT2D eigenvalue weighted by Gasteiger charge is 2.08. The van der Waals surface area contributed by atoms with Crippen LogP contribution in [0.25, 0.3) is 0 Å². The zero-order valence-corrected chi connectivity index (χ0v) is 12.5. The molecule has 1 aromatic carbocycles. The van der Waals surface area contributed by atoms with Crippen LogP contribution in [0.2, 0.25) is 0 Å². The summed E-state index contributed by atoms with van der Waals surface area (Å²) in [7, 11) is 2.16. The van der Waals surface area contributed by atoms with E-state index in [-0.39, 0.29) is 0 Å². The van der Waals surface area contributed by atoms with Gasteiger partial charge in [-0.25, -0.2) is 0 Å². The Hall–Kier alpha value is -1.02. The van der Waals surface area contributed by atoms with Crippen LogP contribution in [0, 0.1) is 5.92 Å². The van der Waals surface area contributed by atoms with Gasteiger partial charge in [-0.15, -0.1) is 0 Å². The third-order valence-corrected chi connectivity index (χ3v) is 3.23. The summed E-state index contributed by atoms with van der Waals surface area (Å²) in [6.07, 6.45) is 1.13. The average molecular weight is 248 g/mol. The van der Waals surface area contributed by atoms with Crippen LogP contribution in [0.1, 0.15) is 45.7 Å². The zero-order chi connectivity index (χ0) is 13.5. The van der Waals surface area contributed by atoms with Gasteiger partial charge in [0, 0.05) is 25.3 Å². The summed E-state index contributed by atoms with van der Waals surface area (Å²) in [5.41, 5.74) is 2.69. The van der Waals surface area contributed by atoms with Crippen LogP contribution < -0.4 is 10.2 Å². The number of rotatable bonds is 7. The van der Waals surface area contributed by atoms with Gasteiger partial charge in [0.05, 0.1) is 0 Å². The third kappa shape index (κ3) is 4.34. The summed E-state index contributed by atoms with van der Waals surface area (Å²) in [5.74, 6) is 0.694. The van der Waals surface area contributed by atoms with E-state index in [2.05, 4.69) is 69.2 Å². The second kappa shape index (κ2) is 7.42. The first-order valence-electron chi connectivity index (χ1n) is 7.12. The smallest absolute Gasteiger partial charge is 0.0363 e. The Morgan fingerprint density at radius 1 is 1.11 bits per heavy atom. The van der Waals surface area contributed by atoms with E-state index in [0.29, 0.717) is 12.0 Å². The van der Waals surface area contributed by atoms with E-state index in [9.17, 15) is 0 Å². The standard InChI is InChI=1S/C16H28N2/c1-6-16(17-7-2)14-8-10-15(11-9-14)18(5)12-13(3)4/h8-11,13,16-17H,6-7,12H2,1-5H3. The zero-order valence-electron chi connectivity index (χ0n) is 12.5. The van der Waals surface area contributed by atoms with Crippen LogP contribution in [0.15, 0.2) is 24.3 Å². The minimum absolute atomic E-state index is 0.486. The predicted octanol–water partition coefficient (Wildman–Crippen LogP) is 3.84. The molecule has 0 heterocycles. The van der Waals surface area contributed by atoms with E-state index >= 15 is 0 Å². The minimum Gasteiger partial charge on any atom is -0.374 e. The summed E-state index contributed by atoms with van der Waals surface area (Å²) in [6, 6.07) is 9.46. The van der Waals surface area contributed by atoms with E-state index < -0.39 is 0 Å². The largest absolute Gasteiger partial charge is 0.374 e. The second-order valence-electron chi connectivity index (χ2n) is 5.38. The fourth-order valence-corrected chi connectivity index (χ4v) is 2.36. The van der Waals surface area contributed by atoms with E-state index in [1.807, 2.05) is 0 Å². The van der Waals surface area contributed by atoms with Crippen molar-refractivity contribution in [3.05, 3.63) is 29.8 Å². The molecule has 0 saturated heterocycles. The van der Waals surface area contributed by atoms with Crippen LogP contribution in [-0.2, 0) is 0 Å². The van der Waals surface area contributed by atoms with Gasteiger partial charge in [0.15, 0.2) is 0 Å². The van der Waals surface area contributed by atoms with Gasteiger partial charge in [-0.3, -0.25) is 0 Å². The van der Waals surface area contributed by atoms with Gasteiger partial charge in [0.1, 0.15) is 0 Å². The van der Waals surface area contributed by atoms with Crippen molar-refractivity contribution in [2.75, 3.05) is 25.0 Å². The molecule has 1 atom stereocenters. The lowest BCUT2D eigenvalue weighted by molar-refractivity contribution is 0.537. The van der Waals surface area contributed by atoms with Gasteiger partial charge in [0.25, 0.3) is 0 Å². The Balaban J connectivity index is 2.72. The first-order chi connectivity index (χ1) is 8.58. The number of benzene rings is 1. The molecule has 0 bridgehead atoms. The van der Waals surface area contributed by atoms with Crippen molar-refractivity contribution in [3.63, 3.8) is 0 Å². The Morgan fingerprint density at radius 3 is 2.17 bits per heavy atom. The highest BCUT2D eigenvalue weighted by Crippen LogP contribution is 2.21. The molecule has 2 nitrogen and oxygen atoms in total. The summed E-state index contributed by atoms with van der Waals surface area (Å²) in [5, 5.41) is 3.52. The SMILES string of the molecule is CCNC(CC)c1ccc(N(C)CC(C)C)cc1. The van der Waals surface area contributed by atoms with Crippen molar-refractivity contribution < 1.29 is 0 Å². The molecule has 1 unspecified atom stereocenters. The Labute approximate surface area is 112 Å². The molecule has 1 N–H and O–H groups in total. The molecule has 1 rings (SSSR count). The van der Waals surface area contributed by atoms with Gasteiger partial charge in [0.2, 0.25) is 0 Å². The second-order valence-corrected chi connectivity index (χ2v) is 5.38. The Kier molecular flexibility index (Phi) is 6.20. The summed E-state index contributed by atoms with van der Waals surface area (Å²) >= 11 is 0. The fraction of sp³-hybridized carbons (Fsp3) is 0.625. The number of nitrogens with zero attached hydrogens (tertiary/aromatic N) is 1. The molecule has 0 fully saturated rings. The maximum Gasteiger partial charge on any atom is 0.0363 e. The minimum atomic E-state index is 0.486. The third-order valence-electron chi connectivity index (χ3n) is 3.23. The lowest BCUT2D eigenvalue weighted by atomic mass is 10.0. The number of nitrogens with one attached hydrogen (secondary N) is 1. The average Bonchev–Trinajstić information content (AvgIpc) is 2.35. The maximum atomic E-state index is 3.52. The first kappa shape index (κ1) is 15.0. The van der Waals surface area contributed by atoms with E-state index in [1.165, 1.54) is 11.3 Å². The van der Waals surface area contributed by atoms with Gasteiger partial charge >= 0.3 is 0 Å². The molecule has 0 saturated carbocycles. The molecule has 0 aromatic heterocycles. The quantitative estimate of drug-likeness (QED) is 0.788. The highest BCUT2D eigenvalue weighted by molar-refractivity contribution is 5.47. The monoisotopic (exact) mass is 248 g/mol. The molecular weight excluding hydrogens is 220 g/mol. The van der Waals surface area contributed by atoms with E-state index in [4.69, 9.17) is 0 Å². The normalized spacial score (nSPS) is 12.8. The molecule has 1 aromatic rings. The van der Waals surface area contributed by atoms with Crippen LogP contribution in [-0.4, -0.2) is 20.1 Å². The van der Waals surface area contributed by atoms with Gasteiger partial charge in [-0.05, 0) is 36.6 Å². The van der Waals surface area contributed by atoms with E-state index in [1.54, 1.807) is 0 Å². The number of anilines is 1. The molecule has 0 amide bonds. The van der Waals surface area contributed by atoms with Gasteiger partial charge in [-0.1, -0.05) is 39.8 Å². The molecule has 2 heteroatoms. The molecule has 0 aliphatic rings. The van der Waals surface area contributed by atoms with Crippen molar-refractivity contribution in [2.45, 2.75) is 40.2 Å². The maximum absolute atomic E-state index is 3.52. The number of hydrogen-bond acceptors (Lipinski definition) is 2. The summed E-state index contributed by atoms with van der Waals surface area (Å²) < 4.78 is 0. The first-order valence-corrected chi connectivity index (χ1v) is 7.12. The lowest BCUT2D eigenvalue weighted by Gasteiger charge is -2.23. The Morgan fingerprint density at radius 2 is 1.72 bits per heavy atom. The van der Waals surface area contributed by atoms with Crippen LogP contribution in [0.5, 0.6) is 0 Å². The molecule has 18 heavy (non-hydrogen) atoms. The lowest BCUT2D eigenvalue weighted by Crippen LogP contribution is -2.23. The molecule has 0 radical (unpaired) electrons. The van der Waals surface area contributed by atoms with Crippen LogP contribution in [0.4, 0.5) is 5.69 Å². The summed E-state index contributed by atoms with van der Waals surface area (Å²) in [4.78, 5) is 2.32. The Bertz CT molecular complexity index is 329. The van der Waals surface area contributed by atoms with Gasteiger partial charge < -0.3 is 10.2 Å². The van der Waals surface area contributed by atoms with Crippen molar-refractivity contribution in [1.82, 2.24) is 5.32 Å². The predicted molar refractivity (Wildman–Crippen MR) is 81.3 cm³/mol. The molecular formula is C16H28N2. The fourth-order valence-electron chi connectivity index (χ4n) is 2.36. The summed E-state index contributed by atoms with van der Waals surface area (Å²) in [6.45, 7) is 11.0. The van der Waals surface area contributed by atoms with Gasteiger partial charge in [-0.2, -0.15) is 0 Å². The van der Waals surface area contributed by atoms with Crippen molar-refractivity contribution in [3.8, 4) is 0 Å². The van der Waals surface area contributed by atoms with E-state index in [0.717, 1.165) is 19.5 Å².